The maximum absolute atomic E-state index is 11.2. The third-order valence-electron chi connectivity index (χ3n) is 3.93. The molecule has 2 atom stereocenters. The SMILES string of the molecule is CNC(=O)CCNC1CC(C)c2c(C)ccc(O)c21. The third-order valence-corrected chi connectivity index (χ3v) is 3.93. The molecule has 0 bridgehead atoms. The van der Waals surface area contributed by atoms with Gasteiger partial charge in [0.15, 0.2) is 0 Å². The Morgan fingerprint density at radius 1 is 1.42 bits per heavy atom. The van der Waals surface area contributed by atoms with Crippen molar-refractivity contribution in [1.29, 1.82) is 0 Å². The third kappa shape index (κ3) is 2.73. The van der Waals surface area contributed by atoms with Crippen LogP contribution in [0.1, 0.15) is 48.4 Å². The Balaban J connectivity index is 2.11. The van der Waals surface area contributed by atoms with E-state index in [9.17, 15) is 9.90 Å². The lowest BCUT2D eigenvalue weighted by Crippen LogP contribution is -2.26. The lowest BCUT2D eigenvalue weighted by atomic mass is 9.97. The molecular formula is C15H22N2O2. The van der Waals surface area contributed by atoms with Crippen molar-refractivity contribution < 1.29 is 9.90 Å². The van der Waals surface area contributed by atoms with Crippen molar-refractivity contribution >= 4 is 5.91 Å². The lowest BCUT2D eigenvalue weighted by molar-refractivity contribution is -0.120. The van der Waals surface area contributed by atoms with Crippen LogP contribution in [0.3, 0.4) is 0 Å². The van der Waals surface area contributed by atoms with Gasteiger partial charge in [0, 0.05) is 31.6 Å². The van der Waals surface area contributed by atoms with Crippen LogP contribution < -0.4 is 10.6 Å². The molecule has 0 saturated heterocycles. The number of benzene rings is 1. The van der Waals surface area contributed by atoms with Gasteiger partial charge in [-0.3, -0.25) is 4.79 Å². The van der Waals surface area contributed by atoms with Crippen molar-refractivity contribution in [3.05, 3.63) is 28.8 Å². The van der Waals surface area contributed by atoms with E-state index >= 15 is 0 Å². The number of fused-ring (bicyclic) bond motifs is 1. The van der Waals surface area contributed by atoms with Gasteiger partial charge in [0.2, 0.25) is 5.91 Å². The minimum absolute atomic E-state index is 0.0345. The Morgan fingerprint density at radius 2 is 2.16 bits per heavy atom. The zero-order valence-electron chi connectivity index (χ0n) is 11.8. The zero-order valence-corrected chi connectivity index (χ0v) is 11.8. The maximum atomic E-state index is 11.2. The second kappa shape index (κ2) is 5.61. The molecule has 0 radical (unpaired) electrons. The summed E-state index contributed by atoms with van der Waals surface area (Å²) in [4.78, 5) is 11.2. The van der Waals surface area contributed by atoms with E-state index in [-0.39, 0.29) is 11.9 Å². The fourth-order valence-electron chi connectivity index (χ4n) is 3.01. The first kappa shape index (κ1) is 13.9. The van der Waals surface area contributed by atoms with Crippen LogP contribution in [0.25, 0.3) is 0 Å². The summed E-state index contributed by atoms with van der Waals surface area (Å²) in [6.45, 7) is 4.90. The fraction of sp³-hybridized carbons (Fsp3) is 0.533. The van der Waals surface area contributed by atoms with E-state index in [1.165, 1.54) is 11.1 Å². The molecule has 4 heteroatoms. The van der Waals surface area contributed by atoms with Crippen molar-refractivity contribution in [2.75, 3.05) is 13.6 Å². The van der Waals surface area contributed by atoms with Gasteiger partial charge in [-0.25, -0.2) is 0 Å². The molecule has 0 aromatic heterocycles. The summed E-state index contributed by atoms with van der Waals surface area (Å²) in [5.41, 5.74) is 3.51. The zero-order chi connectivity index (χ0) is 14.0. The van der Waals surface area contributed by atoms with Crippen LogP contribution in [0.4, 0.5) is 0 Å². The fourth-order valence-corrected chi connectivity index (χ4v) is 3.01. The summed E-state index contributed by atoms with van der Waals surface area (Å²) < 4.78 is 0. The van der Waals surface area contributed by atoms with E-state index < -0.39 is 0 Å². The molecule has 1 aliphatic carbocycles. The van der Waals surface area contributed by atoms with Gasteiger partial charge in [0.05, 0.1) is 0 Å². The number of amides is 1. The predicted molar refractivity (Wildman–Crippen MR) is 75.3 cm³/mol. The monoisotopic (exact) mass is 262 g/mol. The van der Waals surface area contributed by atoms with Crippen LogP contribution in [0, 0.1) is 6.92 Å². The Labute approximate surface area is 114 Å². The quantitative estimate of drug-likeness (QED) is 0.777. The van der Waals surface area contributed by atoms with Gasteiger partial charge in [0.25, 0.3) is 0 Å². The molecule has 2 unspecified atom stereocenters. The van der Waals surface area contributed by atoms with Gasteiger partial charge in [-0.1, -0.05) is 13.0 Å². The molecule has 104 valence electrons. The molecule has 0 aliphatic heterocycles. The molecule has 1 aromatic rings. The largest absolute Gasteiger partial charge is 0.508 e. The minimum Gasteiger partial charge on any atom is -0.508 e. The average molecular weight is 262 g/mol. The molecule has 0 saturated carbocycles. The van der Waals surface area contributed by atoms with Gasteiger partial charge in [-0.05, 0) is 36.5 Å². The molecule has 0 spiro atoms. The van der Waals surface area contributed by atoms with Crippen molar-refractivity contribution in [2.45, 2.75) is 38.6 Å². The lowest BCUT2D eigenvalue weighted by Gasteiger charge is -2.15. The Bertz CT molecular complexity index is 485. The van der Waals surface area contributed by atoms with E-state index in [1.807, 2.05) is 6.07 Å². The van der Waals surface area contributed by atoms with E-state index in [2.05, 4.69) is 24.5 Å². The number of phenols is 1. The number of rotatable bonds is 4. The molecule has 0 fully saturated rings. The van der Waals surface area contributed by atoms with Crippen LogP contribution in [0.5, 0.6) is 5.75 Å². The maximum Gasteiger partial charge on any atom is 0.221 e. The van der Waals surface area contributed by atoms with E-state index in [0.717, 1.165) is 12.0 Å². The van der Waals surface area contributed by atoms with Crippen LogP contribution in [-0.2, 0) is 4.79 Å². The van der Waals surface area contributed by atoms with E-state index in [0.29, 0.717) is 24.6 Å². The van der Waals surface area contributed by atoms with Crippen LogP contribution in [-0.4, -0.2) is 24.6 Å². The van der Waals surface area contributed by atoms with Crippen molar-refractivity contribution in [3.63, 3.8) is 0 Å². The number of phenolic OH excluding ortho intramolecular Hbond substituents is 1. The number of carbonyl (C=O) groups excluding carboxylic acids is 1. The van der Waals surface area contributed by atoms with Crippen molar-refractivity contribution in [2.24, 2.45) is 0 Å². The van der Waals surface area contributed by atoms with Gasteiger partial charge < -0.3 is 15.7 Å². The molecule has 1 aliphatic rings. The first-order valence-electron chi connectivity index (χ1n) is 6.81. The normalized spacial score (nSPS) is 21.2. The summed E-state index contributed by atoms with van der Waals surface area (Å²) in [5, 5.41) is 16.1. The molecular weight excluding hydrogens is 240 g/mol. The molecule has 1 aromatic carbocycles. The Kier molecular flexibility index (Phi) is 4.10. The minimum atomic E-state index is 0.0345. The van der Waals surface area contributed by atoms with Crippen molar-refractivity contribution in [3.8, 4) is 5.75 Å². The number of aromatic hydroxyl groups is 1. The average Bonchev–Trinajstić information content (AvgIpc) is 2.72. The molecule has 2 rings (SSSR count). The molecule has 4 nitrogen and oxygen atoms in total. The Hall–Kier alpha value is -1.55. The molecule has 3 N–H and O–H groups in total. The van der Waals surface area contributed by atoms with Gasteiger partial charge in [0.1, 0.15) is 5.75 Å². The van der Waals surface area contributed by atoms with Crippen LogP contribution in [0.15, 0.2) is 12.1 Å². The highest BCUT2D eigenvalue weighted by Crippen LogP contribution is 2.45. The highest BCUT2D eigenvalue weighted by atomic mass is 16.3. The first-order valence-corrected chi connectivity index (χ1v) is 6.81. The van der Waals surface area contributed by atoms with Gasteiger partial charge in [-0.2, -0.15) is 0 Å². The van der Waals surface area contributed by atoms with E-state index in [1.54, 1.807) is 13.1 Å². The first-order chi connectivity index (χ1) is 9.04. The smallest absolute Gasteiger partial charge is 0.221 e. The second-order valence-corrected chi connectivity index (χ2v) is 5.30. The summed E-state index contributed by atoms with van der Waals surface area (Å²) in [6.07, 6.45) is 1.44. The van der Waals surface area contributed by atoms with Crippen LogP contribution in [0.2, 0.25) is 0 Å². The topological polar surface area (TPSA) is 61.4 Å². The van der Waals surface area contributed by atoms with E-state index in [4.69, 9.17) is 0 Å². The van der Waals surface area contributed by atoms with Gasteiger partial charge in [-0.15, -0.1) is 0 Å². The highest BCUT2D eigenvalue weighted by Gasteiger charge is 2.31. The number of nitrogens with one attached hydrogen (secondary N) is 2. The number of carbonyl (C=O) groups is 1. The highest BCUT2D eigenvalue weighted by molar-refractivity contribution is 5.75. The Morgan fingerprint density at radius 3 is 2.84 bits per heavy atom. The molecule has 19 heavy (non-hydrogen) atoms. The summed E-state index contributed by atoms with van der Waals surface area (Å²) >= 11 is 0. The predicted octanol–water partition coefficient (Wildman–Crippen LogP) is 1.97. The number of aryl methyl sites for hydroxylation is 1. The number of hydrogen-bond donors (Lipinski definition) is 3. The van der Waals surface area contributed by atoms with Gasteiger partial charge >= 0.3 is 0 Å². The number of hydrogen-bond acceptors (Lipinski definition) is 3. The molecule has 1 amide bonds. The summed E-state index contributed by atoms with van der Waals surface area (Å²) in [7, 11) is 1.64. The second-order valence-electron chi connectivity index (χ2n) is 5.30. The molecule has 0 heterocycles. The standard InChI is InChI=1S/C15H22N2O2/c1-9-4-5-12(18)15-11(8-10(2)14(9)15)17-7-6-13(19)16-3/h4-5,10-11,17-18H,6-8H2,1-3H3,(H,16,19). The summed E-state index contributed by atoms with van der Waals surface area (Å²) in [5.74, 6) is 0.842. The van der Waals surface area contributed by atoms with Crippen molar-refractivity contribution in [1.82, 2.24) is 10.6 Å². The van der Waals surface area contributed by atoms with Crippen LogP contribution >= 0.6 is 0 Å². The summed E-state index contributed by atoms with van der Waals surface area (Å²) in [6, 6.07) is 3.88.